The summed E-state index contributed by atoms with van der Waals surface area (Å²) in [5.74, 6) is 1.80. The van der Waals surface area contributed by atoms with Gasteiger partial charge in [-0.3, -0.25) is 0 Å². The summed E-state index contributed by atoms with van der Waals surface area (Å²) in [5, 5.41) is 4.14. The van der Waals surface area contributed by atoms with E-state index in [0.717, 1.165) is 21.3 Å². The Bertz CT molecular complexity index is 1110. The lowest BCUT2D eigenvalue weighted by Gasteiger charge is -2.08. The fourth-order valence-electron chi connectivity index (χ4n) is 3.59. The highest BCUT2D eigenvalue weighted by Crippen LogP contribution is 2.48. The summed E-state index contributed by atoms with van der Waals surface area (Å²) in [6.07, 6.45) is 0. The molecule has 0 aliphatic rings. The van der Waals surface area contributed by atoms with Crippen LogP contribution in [0.25, 0.3) is 28.9 Å². The van der Waals surface area contributed by atoms with Crippen LogP contribution in [0.4, 0.5) is 0 Å². The average Bonchev–Trinajstić information content (AvgIpc) is 3.75. The zero-order valence-electron chi connectivity index (χ0n) is 22.8. The largest absolute Gasteiger partial charge is 0.490 e. The van der Waals surface area contributed by atoms with Crippen LogP contribution in [-0.2, 0) is 28.4 Å². The lowest BCUT2D eigenvalue weighted by atomic mass is 10.3. The van der Waals surface area contributed by atoms with Crippen molar-refractivity contribution in [3.05, 3.63) is 35.0 Å². The summed E-state index contributed by atoms with van der Waals surface area (Å²) >= 11 is 6.98. The third kappa shape index (κ3) is 9.76. The molecule has 4 heterocycles. The van der Waals surface area contributed by atoms with E-state index in [1.807, 2.05) is 12.1 Å². The highest BCUT2D eigenvalue weighted by atomic mass is 32.1. The standard InChI is InChI=1S/C28H36O8S4/c1-29-5-7-31-9-11-33-13-15-35-21-3-17-37-27(21)25-19-23-24(39-25)20-26(40-23)28-22(4-18-38-28)36-16-14-34-12-10-32-8-6-30-2/h3-4,17-20H,5-16H2,1-2H3. The van der Waals surface area contributed by atoms with Crippen LogP contribution >= 0.6 is 45.3 Å². The monoisotopic (exact) mass is 628 g/mol. The quantitative estimate of drug-likeness (QED) is 0.0910. The summed E-state index contributed by atoms with van der Waals surface area (Å²) in [6, 6.07) is 8.58. The van der Waals surface area contributed by atoms with E-state index in [2.05, 4.69) is 22.9 Å². The Labute approximate surface area is 251 Å². The molecular formula is C28H36O8S4. The summed E-state index contributed by atoms with van der Waals surface area (Å²) in [4.78, 5) is 4.75. The maximum Gasteiger partial charge on any atom is 0.138 e. The van der Waals surface area contributed by atoms with Crippen molar-refractivity contribution in [3.8, 4) is 31.0 Å². The normalized spacial score (nSPS) is 11.6. The molecule has 4 aromatic heterocycles. The third-order valence-electron chi connectivity index (χ3n) is 5.49. The first-order valence-corrected chi connectivity index (χ1v) is 16.4. The van der Waals surface area contributed by atoms with Gasteiger partial charge in [-0.05, 0) is 35.0 Å². The highest BCUT2D eigenvalue weighted by molar-refractivity contribution is 7.33. The topological polar surface area (TPSA) is 73.8 Å². The van der Waals surface area contributed by atoms with Crippen LogP contribution in [0.2, 0.25) is 0 Å². The fraction of sp³-hybridized carbons (Fsp3) is 0.500. The van der Waals surface area contributed by atoms with E-state index >= 15 is 0 Å². The second-order valence-corrected chi connectivity index (χ2v) is 12.3. The van der Waals surface area contributed by atoms with Crippen LogP contribution in [0.15, 0.2) is 35.0 Å². The molecule has 4 rings (SSSR count). The zero-order chi connectivity index (χ0) is 27.8. The van der Waals surface area contributed by atoms with Crippen molar-refractivity contribution in [1.29, 1.82) is 0 Å². The summed E-state index contributed by atoms with van der Waals surface area (Å²) < 4.78 is 46.5. The molecule has 0 aliphatic heterocycles. The zero-order valence-corrected chi connectivity index (χ0v) is 26.1. The molecule has 0 radical (unpaired) electrons. The Hall–Kier alpha value is -1.58. The van der Waals surface area contributed by atoms with E-state index in [1.165, 1.54) is 19.2 Å². The van der Waals surface area contributed by atoms with Crippen LogP contribution in [0.1, 0.15) is 0 Å². The molecular weight excluding hydrogens is 593 g/mol. The first-order valence-electron chi connectivity index (χ1n) is 13.0. The number of methoxy groups -OCH3 is 2. The SMILES string of the molecule is COCCOCCOCCOc1ccsc1-c1cc2sc(-c3sccc3OCCOCCOCCOC)cc2s1. The second-order valence-electron chi connectivity index (χ2n) is 8.31. The molecule has 0 bridgehead atoms. The minimum Gasteiger partial charge on any atom is -0.490 e. The molecule has 0 amide bonds. The Morgan fingerprint density at radius 2 is 0.875 bits per heavy atom. The average molecular weight is 629 g/mol. The predicted octanol–water partition coefficient (Wildman–Crippen LogP) is 6.54. The van der Waals surface area contributed by atoms with Crippen molar-refractivity contribution < 1.29 is 37.9 Å². The molecule has 0 unspecified atom stereocenters. The van der Waals surface area contributed by atoms with Gasteiger partial charge >= 0.3 is 0 Å². The Morgan fingerprint density at radius 1 is 0.500 bits per heavy atom. The molecule has 0 atom stereocenters. The molecule has 0 spiro atoms. The first-order chi connectivity index (χ1) is 19.8. The van der Waals surface area contributed by atoms with Crippen molar-refractivity contribution >= 4 is 54.7 Å². The molecule has 0 saturated heterocycles. The van der Waals surface area contributed by atoms with Crippen LogP contribution < -0.4 is 9.47 Å². The number of ether oxygens (including phenoxy) is 8. The van der Waals surface area contributed by atoms with E-state index < -0.39 is 0 Å². The molecule has 8 nitrogen and oxygen atoms in total. The van der Waals surface area contributed by atoms with Gasteiger partial charge in [0.05, 0.1) is 85.6 Å². The Kier molecular flexibility index (Phi) is 14.2. The number of fused-ring (bicyclic) bond motifs is 1. The minimum absolute atomic E-state index is 0.500. The molecule has 220 valence electrons. The molecule has 0 aromatic carbocycles. The number of thiophene rings is 4. The van der Waals surface area contributed by atoms with Crippen molar-refractivity contribution in [2.75, 3.05) is 93.5 Å². The van der Waals surface area contributed by atoms with E-state index in [0.29, 0.717) is 79.3 Å². The second kappa shape index (κ2) is 18.1. The Balaban J connectivity index is 1.23. The van der Waals surface area contributed by atoms with E-state index in [-0.39, 0.29) is 0 Å². The van der Waals surface area contributed by atoms with Gasteiger partial charge in [-0.1, -0.05) is 0 Å². The molecule has 12 heteroatoms. The molecule has 0 aliphatic carbocycles. The van der Waals surface area contributed by atoms with Gasteiger partial charge in [0, 0.05) is 23.6 Å². The van der Waals surface area contributed by atoms with Crippen molar-refractivity contribution in [1.82, 2.24) is 0 Å². The number of rotatable bonds is 22. The van der Waals surface area contributed by atoms with Crippen molar-refractivity contribution in [2.45, 2.75) is 0 Å². The maximum atomic E-state index is 6.03. The van der Waals surface area contributed by atoms with Crippen molar-refractivity contribution in [3.63, 3.8) is 0 Å². The molecule has 4 aromatic rings. The summed E-state index contributed by atoms with van der Waals surface area (Å²) in [7, 11) is 3.32. The number of hydrogen-bond donors (Lipinski definition) is 0. The van der Waals surface area contributed by atoms with Crippen LogP contribution in [0.5, 0.6) is 11.5 Å². The van der Waals surface area contributed by atoms with Gasteiger partial charge in [0.15, 0.2) is 0 Å². The van der Waals surface area contributed by atoms with Gasteiger partial charge in [-0.15, -0.1) is 45.3 Å². The van der Waals surface area contributed by atoms with Gasteiger partial charge < -0.3 is 37.9 Å². The van der Waals surface area contributed by atoms with Crippen LogP contribution in [0, 0.1) is 0 Å². The predicted molar refractivity (Wildman–Crippen MR) is 164 cm³/mol. The van der Waals surface area contributed by atoms with E-state index in [1.54, 1.807) is 59.6 Å². The van der Waals surface area contributed by atoms with Gasteiger partial charge in [0.2, 0.25) is 0 Å². The number of hydrogen-bond acceptors (Lipinski definition) is 12. The lowest BCUT2D eigenvalue weighted by Crippen LogP contribution is -2.12. The molecule has 0 saturated carbocycles. The minimum atomic E-state index is 0.500. The van der Waals surface area contributed by atoms with Gasteiger partial charge in [-0.2, -0.15) is 0 Å². The summed E-state index contributed by atoms with van der Waals surface area (Å²) in [6.45, 7) is 6.60. The molecule has 0 N–H and O–H groups in total. The maximum absolute atomic E-state index is 6.03. The third-order valence-corrected chi connectivity index (χ3v) is 9.94. The molecule has 0 fully saturated rings. The van der Waals surface area contributed by atoms with Crippen molar-refractivity contribution in [2.24, 2.45) is 0 Å². The molecule has 40 heavy (non-hydrogen) atoms. The summed E-state index contributed by atoms with van der Waals surface area (Å²) in [5.41, 5.74) is 0. The van der Waals surface area contributed by atoms with Crippen LogP contribution in [0.3, 0.4) is 0 Å². The Morgan fingerprint density at radius 3 is 1.27 bits per heavy atom. The smallest absolute Gasteiger partial charge is 0.138 e. The first kappa shape index (κ1) is 31.4. The van der Waals surface area contributed by atoms with Gasteiger partial charge in [0.25, 0.3) is 0 Å². The highest BCUT2D eigenvalue weighted by Gasteiger charge is 2.17. The fourth-order valence-corrected chi connectivity index (χ4v) is 7.91. The van der Waals surface area contributed by atoms with Gasteiger partial charge in [-0.25, -0.2) is 0 Å². The lowest BCUT2D eigenvalue weighted by molar-refractivity contribution is 0.0180. The van der Waals surface area contributed by atoms with Gasteiger partial charge in [0.1, 0.15) is 24.7 Å². The van der Waals surface area contributed by atoms with E-state index in [9.17, 15) is 0 Å². The van der Waals surface area contributed by atoms with E-state index in [4.69, 9.17) is 37.9 Å². The van der Waals surface area contributed by atoms with Crippen LogP contribution in [-0.4, -0.2) is 93.5 Å².